The van der Waals surface area contributed by atoms with Crippen molar-refractivity contribution in [2.45, 2.75) is 83.3 Å². The lowest BCUT2D eigenvalue weighted by Crippen LogP contribution is -2.32. The SMILES string of the molecule is CC(C)c1c(C(=O)N(C)CC2CCCC2)nn(-c2ccc(F)cc2)c1CC[C@@H](O)C[C@@H](O)CC(=O)O. The topological polar surface area (TPSA) is 116 Å². The second kappa shape index (κ2) is 12.5. The van der Waals surface area contributed by atoms with Crippen LogP contribution in [0.2, 0.25) is 0 Å². The number of carbonyl (C=O) groups is 2. The minimum atomic E-state index is -1.15. The Hall–Kier alpha value is -2.78. The fraction of sp³-hybridized carbons (Fsp3) is 0.593. The summed E-state index contributed by atoms with van der Waals surface area (Å²) in [4.78, 5) is 26.1. The van der Waals surface area contributed by atoms with E-state index in [0.29, 0.717) is 30.3 Å². The van der Waals surface area contributed by atoms with Gasteiger partial charge in [0.1, 0.15) is 5.82 Å². The summed E-state index contributed by atoms with van der Waals surface area (Å²) in [5.41, 5.74) is 2.47. The van der Waals surface area contributed by atoms with Crippen molar-refractivity contribution in [1.29, 1.82) is 0 Å². The number of aliphatic hydroxyl groups excluding tert-OH is 2. The van der Waals surface area contributed by atoms with Gasteiger partial charge in [0, 0.05) is 24.8 Å². The summed E-state index contributed by atoms with van der Waals surface area (Å²) in [7, 11) is 1.80. The molecule has 198 valence electrons. The Morgan fingerprint density at radius 3 is 2.36 bits per heavy atom. The monoisotopic (exact) mass is 503 g/mol. The highest BCUT2D eigenvalue weighted by atomic mass is 19.1. The van der Waals surface area contributed by atoms with Gasteiger partial charge in [-0.05, 0) is 68.2 Å². The van der Waals surface area contributed by atoms with Crippen LogP contribution in [-0.4, -0.2) is 67.7 Å². The van der Waals surface area contributed by atoms with Gasteiger partial charge in [0.15, 0.2) is 5.69 Å². The predicted molar refractivity (Wildman–Crippen MR) is 134 cm³/mol. The fourth-order valence-corrected chi connectivity index (χ4v) is 5.13. The van der Waals surface area contributed by atoms with Crippen LogP contribution in [0.25, 0.3) is 5.69 Å². The van der Waals surface area contributed by atoms with Crippen LogP contribution in [0.1, 0.15) is 86.5 Å². The Labute approximate surface area is 211 Å². The molecular formula is C27H38FN3O5. The first-order valence-electron chi connectivity index (χ1n) is 12.8. The number of aliphatic carboxylic acids is 1. The number of amides is 1. The van der Waals surface area contributed by atoms with Crippen LogP contribution in [-0.2, 0) is 11.2 Å². The Morgan fingerprint density at radius 1 is 1.14 bits per heavy atom. The Balaban J connectivity index is 1.91. The van der Waals surface area contributed by atoms with Crippen molar-refractivity contribution in [2.75, 3.05) is 13.6 Å². The molecule has 36 heavy (non-hydrogen) atoms. The maximum Gasteiger partial charge on any atom is 0.305 e. The largest absolute Gasteiger partial charge is 0.481 e. The zero-order chi connectivity index (χ0) is 26.4. The number of carboxylic acids is 1. The Kier molecular flexibility index (Phi) is 9.62. The number of carboxylic acid groups (broad SMARTS) is 1. The molecule has 0 spiro atoms. The van der Waals surface area contributed by atoms with E-state index >= 15 is 0 Å². The quantitative estimate of drug-likeness (QED) is 0.404. The molecule has 0 bridgehead atoms. The van der Waals surface area contributed by atoms with Crippen LogP contribution in [0.15, 0.2) is 24.3 Å². The summed E-state index contributed by atoms with van der Waals surface area (Å²) in [5.74, 6) is -1.22. The standard InChI is InChI=1S/C27H38FN3O5/c1-17(2)25-23(13-12-21(32)14-22(33)15-24(34)35)31(20-10-8-19(28)9-11-20)29-26(25)27(36)30(3)16-18-6-4-5-7-18/h8-11,17-18,21-22,32-33H,4-7,12-16H2,1-3H3,(H,34,35)/t21-,22-/m1/s1. The van der Waals surface area contributed by atoms with Gasteiger partial charge in [0.05, 0.1) is 24.3 Å². The molecule has 1 fully saturated rings. The van der Waals surface area contributed by atoms with Gasteiger partial charge >= 0.3 is 5.97 Å². The molecule has 1 saturated carbocycles. The van der Waals surface area contributed by atoms with Crippen LogP contribution < -0.4 is 0 Å². The van der Waals surface area contributed by atoms with Crippen LogP contribution >= 0.6 is 0 Å². The molecule has 0 saturated heterocycles. The summed E-state index contributed by atoms with van der Waals surface area (Å²) >= 11 is 0. The van der Waals surface area contributed by atoms with E-state index in [1.807, 2.05) is 13.8 Å². The molecule has 1 aliphatic carbocycles. The van der Waals surface area contributed by atoms with Crippen LogP contribution in [0.5, 0.6) is 0 Å². The number of rotatable bonds is 12. The zero-order valence-corrected chi connectivity index (χ0v) is 21.4. The first kappa shape index (κ1) is 27.8. The van der Waals surface area contributed by atoms with Crippen molar-refractivity contribution in [1.82, 2.24) is 14.7 Å². The van der Waals surface area contributed by atoms with Crippen molar-refractivity contribution in [3.05, 3.63) is 47.0 Å². The number of aliphatic hydroxyl groups is 2. The lowest BCUT2D eigenvalue weighted by molar-refractivity contribution is -0.139. The second-order valence-electron chi connectivity index (χ2n) is 10.3. The molecule has 1 amide bonds. The van der Waals surface area contributed by atoms with E-state index in [0.717, 1.165) is 24.1 Å². The van der Waals surface area contributed by atoms with Gasteiger partial charge < -0.3 is 20.2 Å². The first-order valence-corrected chi connectivity index (χ1v) is 12.8. The molecule has 0 unspecified atom stereocenters. The van der Waals surface area contributed by atoms with E-state index in [4.69, 9.17) is 10.2 Å². The Bertz CT molecular complexity index is 1030. The fourth-order valence-electron chi connectivity index (χ4n) is 5.13. The number of hydrogen-bond acceptors (Lipinski definition) is 5. The molecule has 3 rings (SSSR count). The minimum Gasteiger partial charge on any atom is -0.481 e. The summed E-state index contributed by atoms with van der Waals surface area (Å²) < 4.78 is 15.3. The number of nitrogens with zero attached hydrogens (tertiary/aromatic N) is 3. The summed E-state index contributed by atoms with van der Waals surface area (Å²) in [5, 5.41) is 33.9. The average molecular weight is 504 g/mol. The highest BCUT2D eigenvalue weighted by Crippen LogP contribution is 2.30. The molecule has 3 N–H and O–H groups in total. The number of hydrogen-bond donors (Lipinski definition) is 3. The molecule has 2 aromatic rings. The molecule has 1 aliphatic rings. The van der Waals surface area contributed by atoms with Gasteiger partial charge in [-0.3, -0.25) is 9.59 Å². The van der Waals surface area contributed by atoms with E-state index in [-0.39, 0.29) is 30.5 Å². The average Bonchev–Trinajstić information content (AvgIpc) is 3.44. The van der Waals surface area contributed by atoms with Gasteiger partial charge in [-0.25, -0.2) is 9.07 Å². The van der Waals surface area contributed by atoms with Gasteiger partial charge in [-0.15, -0.1) is 0 Å². The molecule has 0 aliphatic heterocycles. The van der Waals surface area contributed by atoms with Gasteiger partial charge in [0.2, 0.25) is 0 Å². The lowest BCUT2D eigenvalue weighted by atomic mass is 9.95. The van der Waals surface area contributed by atoms with Crippen molar-refractivity contribution in [2.24, 2.45) is 5.92 Å². The zero-order valence-electron chi connectivity index (χ0n) is 21.4. The van der Waals surface area contributed by atoms with E-state index in [1.165, 1.54) is 25.0 Å². The second-order valence-corrected chi connectivity index (χ2v) is 10.3. The van der Waals surface area contributed by atoms with E-state index in [2.05, 4.69) is 0 Å². The number of halogens is 1. The normalized spacial score (nSPS) is 15.9. The van der Waals surface area contributed by atoms with Crippen molar-refractivity contribution < 1.29 is 29.3 Å². The summed E-state index contributed by atoms with van der Waals surface area (Å²) in [6.07, 6.45) is 2.63. The van der Waals surface area contributed by atoms with Crippen LogP contribution in [0.4, 0.5) is 4.39 Å². The molecule has 0 radical (unpaired) electrons. The number of aromatic nitrogens is 2. The highest BCUT2D eigenvalue weighted by Gasteiger charge is 2.29. The smallest absolute Gasteiger partial charge is 0.305 e. The van der Waals surface area contributed by atoms with E-state index in [9.17, 15) is 24.2 Å². The highest BCUT2D eigenvalue weighted by molar-refractivity contribution is 5.94. The number of carbonyl (C=O) groups excluding carboxylic acids is 1. The predicted octanol–water partition coefficient (Wildman–Crippen LogP) is 3.92. The van der Waals surface area contributed by atoms with E-state index in [1.54, 1.807) is 28.8 Å². The minimum absolute atomic E-state index is 0.0391. The summed E-state index contributed by atoms with van der Waals surface area (Å²) in [6.45, 7) is 4.64. The maximum atomic E-state index is 13.6. The van der Waals surface area contributed by atoms with Crippen LogP contribution in [0.3, 0.4) is 0 Å². The molecular weight excluding hydrogens is 465 g/mol. The molecule has 1 heterocycles. The molecule has 1 aromatic heterocycles. The maximum absolute atomic E-state index is 13.6. The third kappa shape index (κ3) is 7.13. The molecule has 1 aromatic carbocycles. The third-order valence-electron chi connectivity index (χ3n) is 6.90. The van der Waals surface area contributed by atoms with Gasteiger partial charge in [-0.2, -0.15) is 5.10 Å². The third-order valence-corrected chi connectivity index (χ3v) is 6.90. The Morgan fingerprint density at radius 2 is 1.78 bits per heavy atom. The van der Waals surface area contributed by atoms with Crippen molar-refractivity contribution >= 4 is 11.9 Å². The summed E-state index contributed by atoms with van der Waals surface area (Å²) in [6, 6.07) is 5.86. The van der Waals surface area contributed by atoms with Crippen LogP contribution in [0, 0.1) is 11.7 Å². The molecule has 2 atom stereocenters. The van der Waals surface area contributed by atoms with E-state index < -0.39 is 24.6 Å². The van der Waals surface area contributed by atoms with Crippen molar-refractivity contribution in [3.8, 4) is 5.69 Å². The molecule has 9 heteroatoms. The first-order chi connectivity index (χ1) is 17.1. The molecule has 8 nitrogen and oxygen atoms in total. The van der Waals surface area contributed by atoms with Crippen molar-refractivity contribution in [3.63, 3.8) is 0 Å². The number of benzene rings is 1. The lowest BCUT2D eigenvalue weighted by Gasteiger charge is -2.21. The van der Waals surface area contributed by atoms with Gasteiger partial charge in [0.25, 0.3) is 5.91 Å². The van der Waals surface area contributed by atoms with Gasteiger partial charge in [-0.1, -0.05) is 26.7 Å².